The third-order valence-electron chi connectivity index (χ3n) is 4.47. The Bertz CT molecular complexity index is 811. The van der Waals surface area contributed by atoms with Gasteiger partial charge >= 0.3 is 5.97 Å². The Morgan fingerprint density at radius 3 is 2.65 bits per heavy atom. The highest BCUT2D eigenvalue weighted by Gasteiger charge is 2.47. The van der Waals surface area contributed by atoms with E-state index in [2.05, 4.69) is 11.6 Å². The number of thioether (sulfide) groups is 1. The summed E-state index contributed by atoms with van der Waals surface area (Å²) in [6.45, 7) is 9.47. The number of esters is 1. The van der Waals surface area contributed by atoms with Crippen molar-refractivity contribution in [1.29, 1.82) is 0 Å². The van der Waals surface area contributed by atoms with E-state index < -0.39 is 12.0 Å². The van der Waals surface area contributed by atoms with Crippen molar-refractivity contribution >= 4 is 28.8 Å². The topological polar surface area (TPSA) is 59.0 Å². The van der Waals surface area contributed by atoms with Crippen molar-refractivity contribution in [3.8, 4) is 0 Å². The smallest absolute Gasteiger partial charge is 0.338 e. The molecule has 3 rings (SSSR count). The molecule has 26 heavy (non-hydrogen) atoms. The van der Waals surface area contributed by atoms with Crippen LogP contribution in [0.4, 0.5) is 0 Å². The maximum atomic E-state index is 12.9. The molecule has 1 saturated heterocycles. The molecule has 0 radical (unpaired) electrons. The average Bonchev–Trinajstić information content (AvgIpc) is 2.94. The molecule has 5 nitrogen and oxygen atoms in total. The summed E-state index contributed by atoms with van der Waals surface area (Å²) >= 11 is 1.46. The molecule has 2 aliphatic heterocycles. The summed E-state index contributed by atoms with van der Waals surface area (Å²) in [5, 5.41) is 0.489. The summed E-state index contributed by atoms with van der Waals surface area (Å²) in [5.41, 5.74) is 2.99. The van der Waals surface area contributed by atoms with Gasteiger partial charge in [0.2, 0.25) is 5.91 Å². The van der Waals surface area contributed by atoms with Gasteiger partial charge in [-0.15, -0.1) is 0 Å². The van der Waals surface area contributed by atoms with Crippen molar-refractivity contribution in [2.24, 2.45) is 4.99 Å². The first-order chi connectivity index (χ1) is 12.5. The van der Waals surface area contributed by atoms with Gasteiger partial charge in [0.25, 0.3) is 0 Å². The lowest BCUT2D eigenvalue weighted by Crippen LogP contribution is -2.40. The number of hydrogen-bond acceptors (Lipinski definition) is 5. The maximum Gasteiger partial charge on any atom is 0.338 e. The minimum absolute atomic E-state index is 0.0108. The summed E-state index contributed by atoms with van der Waals surface area (Å²) in [4.78, 5) is 31.9. The third-order valence-corrected chi connectivity index (χ3v) is 5.79. The molecule has 1 aromatic carbocycles. The molecular formula is C20H22N2O3S. The zero-order valence-electron chi connectivity index (χ0n) is 15.2. The third kappa shape index (κ3) is 3.21. The molecule has 0 aliphatic carbocycles. The van der Waals surface area contributed by atoms with Gasteiger partial charge in [-0.3, -0.25) is 9.69 Å². The average molecular weight is 370 g/mol. The normalized spacial score (nSPS) is 22.2. The van der Waals surface area contributed by atoms with Crippen LogP contribution in [0.3, 0.4) is 0 Å². The van der Waals surface area contributed by atoms with E-state index in [-0.39, 0.29) is 17.8 Å². The zero-order valence-corrected chi connectivity index (χ0v) is 16.0. The Kier molecular flexibility index (Phi) is 5.32. The highest BCUT2D eigenvalue weighted by Crippen LogP contribution is 2.44. The summed E-state index contributed by atoms with van der Waals surface area (Å²) in [6, 6.07) is 7.35. The van der Waals surface area contributed by atoms with Gasteiger partial charge in [0.05, 0.1) is 22.6 Å². The predicted octanol–water partition coefficient (Wildman–Crippen LogP) is 3.76. The lowest BCUT2D eigenvalue weighted by molar-refractivity contribution is -0.139. The van der Waals surface area contributed by atoms with Gasteiger partial charge in [0.15, 0.2) is 5.17 Å². The summed E-state index contributed by atoms with van der Waals surface area (Å²) in [6.07, 6.45) is 2.24. The van der Waals surface area contributed by atoms with Gasteiger partial charge in [0.1, 0.15) is 6.61 Å². The second kappa shape index (κ2) is 7.50. The molecule has 2 aliphatic rings. The minimum atomic E-state index is -0.517. The molecule has 136 valence electrons. The molecular weight excluding hydrogens is 348 g/mol. The number of fused-ring (bicyclic) bond motifs is 1. The number of carbonyl (C=O) groups excluding carboxylic acids is 2. The van der Waals surface area contributed by atoms with Crippen LogP contribution >= 0.6 is 11.8 Å². The van der Waals surface area contributed by atoms with Gasteiger partial charge < -0.3 is 4.74 Å². The number of amides is 1. The SMILES string of the molecule is C=CCOC(=O)C1=C(C)N=C2S[C@@H](CC)C(=O)N2[C@H]1c1ccc(C)cc1. The molecule has 0 bridgehead atoms. The number of carbonyl (C=O) groups is 2. The number of aliphatic imine (C=N–C) groups is 1. The number of rotatable bonds is 5. The van der Waals surface area contributed by atoms with E-state index in [1.807, 2.05) is 38.1 Å². The van der Waals surface area contributed by atoms with Crippen molar-refractivity contribution in [1.82, 2.24) is 4.90 Å². The fraction of sp³-hybridized carbons (Fsp3) is 0.350. The lowest BCUT2D eigenvalue weighted by Gasteiger charge is -2.33. The predicted molar refractivity (Wildman–Crippen MR) is 104 cm³/mol. The van der Waals surface area contributed by atoms with E-state index >= 15 is 0 Å². The largest absolute Gasteiger partial charge is 0.458 e. The monoisotopic (exact) mass is 370 g/mol. The number of allylic oxidation sites excluding steroid dienone is 1. The summed E-state index contributed by atoms with van der Waals surface area (Å²) < 4.78 is 5.28. The van der Waals surface area contributed by atoms with Gasteiger partial charge in [0, 0.05) is 0 Å². The van der Waals surface area contributed by atoms with E-state index in [0.717, 1.165) is 17.5 Å². The minimum Gasteiger partial charge on any atom is -0.458 e. The van der Waals surface area contributed by atoms with Crippen LogP contribution in [0.2, 0.25) is 0 Å². The molecule has 0 spiro atoms. The molecule has 0 unspecified atom stereocenters. The van der Waals surface area contributed by atoms with Crippen LogP contribution in [0.15, 0.2) is 53.2 Å². The molecule has 1 amide bonds. The van der Waals surface area contributed by atoms with Gasteiger partial charge in [-0.25, -0.2) is 9.79 Å². The number of nitrogens with zero attached hydrogens (tertiary/aromatic N) is 2. The number of aryl methyl sites for hydroxylation is 1. The van der Waals surface area contributed by atoms with Crippen molar-refractivity contribution in [2.45, 2.75) is 38.5 Å². The summed E-state index contributed by atoms with van der Waals surface area (Å²) in [7, 11) is 0. The first kappa shape index (κ1) is 18.5. The fourth-order valence-corrected chi connectivity index (χ4v) is 4.26. The number of amidine groups is 1. The highest BCUT2D eigenvalue weighted by atomic mass is 32.2. The van der Waals surface area contributed by atoms with Gasteiger partial charge in [-0.2, -0.15) is 0 Å². The first-order valence-corrected chi connectivity index (χ1v) is 9.49. The highest BCUT2D eigenvalue weighted by molar-refractivity contribution is 8.15. The van der Waals surface area contributed by atoms with E-state index in [4.69, 9.17) is 4.74 Å². The van der Waals surface area contributed by atoms with Crippen molar-refractivity contribution < 1.29 is 14.3 Å². The fourth-order valence-electron chi connectivity index (χ4n) is 3.13. The standard InChI is InChI=1S/C20H22N2O3S/c1-5-11-25-19(24)16-13(4)21-20-22(18(23)15(6-2)26-20)17(16)14-9-7-12(3)8-10-14/h5,7-10,15,17H,1,6,11H2,2-4H3/t15-,17-/m0/s1. The van der Waals surface area contributed by atoms with Gasteiger partial charge in [-0.1, -0.05) is 61.2 Å². The molecule has 0 aromatic heterocycles. The van der Waals surface area contributed by atoms with Crippen LogP contribution in [-0.2, 0) is 14.3 Å². The molecule has 0 saturated carbocycles. The molecule has 1 fully saturated rings. The quantitative estimate of drug-likeness (QED) is 0.585. The van der Waals surface area contributed by atoms with E-state index in [9.17, 15) is 9.59 Å². The van der Waals surface area contributed by atoms with Crippen molar-refractivity contribution in [3.63, 3.8) is 0 Å². The molecule has 1 aromatic rings. The summed E-state index contributed by atoms with van der Waals surface area (Å²) in [5.74, 6) is -0.475. The Morgan fingerprint density at radius 2 is 2.04 bits per heavy atom. The second-order valence-electron chi connectivity index (χ2n) is 6.32. The number of ether oxygens (including phenoxy) is 1. The van der Waals surface area contributed by atoms with Crippen LogP contribution in [0, 0.1) is 6.92 Å². The van der Waals surface area contributed by atoms with E-state index in [1.54, 1.807) is 11.8 Å². The molecule has 2 atom stereocenters. The van der Waals surface area contributed by atoms with Crippen molar-refractivity contribution in [3.05, 3.63) is 59.3 Å². The second-order valence-corrected chi connectivity index (χ2v) is 7.49. The number of benzene rings is 1. The van der Waals surface area contributed by atoms with E-state index in [0.29, 0.717) is 16.4 Å². The Hall–Kier alpha value is -2.34. The molecule has 6 heteroatoms. The molecule has 0 N–H and O–H groups in total. The van der Waals surface area contributed by atoms with E-state index in [1.165, 1.54) is 17.8 Å². The Morgan fingerprint density at radius 1 is 1.35 bits per heavy atom. The van der Waals surface area contributed by atoms with Crippen LogP contribution in [0.1, 0.15) is 37.4 Å². The maximum absolute atomic E-state index is 12.9. The Balaban J connectivity index is 2.10. The number of hydrogen-bond donors (Lipinski definition) is 0. The van der Waals surface area contributed by atoms with Crippen molar-refractivity contribution in [2.75, 3.05) is 6.61 Å². The lowest BCUT2D eigenvalue weighted by atomic mass is 9.93. The van der Waals surface area contributed by atoms with Crippen LogP contribution < -0.4 is 0 Å². The first-order valence-electron chi connectivity index (χ1n) is 8.61. The Labute approximate surface area is 157 Å². The van der Waals surface area contributed by atoms with Crippen LogP contribution in [0.25, 0.3) is 0 Å². The zero-order chi connectivity index (χ0) is 18.8. The van der Waals surface area contributed by atoms with Crippen LogP contribution in [0.5, 0.6) is 0 Å². The van der Waals surface area contributed by atoms with Gasteiger partial charge in [-0.05, 0) is 25.8 Å². The molecule has 2 heterocycles. The van der Waals surface area contributed by atoms with Crippen LogP contribution in [-0.4, -0.2) is 33.8 Å².